The Morgan fingerprint density at radius 3 is 2.39 bits per heavy atom. The summed E-state index contributed by atoms with van der Waals surface area (Å²) in [5, 5.41) is 4.75. The maximum atomic E-state index is 6.05. The van der Waals surface area contributed by atoms with Crippen LogP contribution in [0.1, 0.15) is 11.1 Å². The molecule has 2 aromatic rings. The van der Waals surface area contributed by atoms with Crippen molar-refractivity contribution < 1.29 is 0 Å². The Labute approximate surface area is 121 Å². The fraction of sp³-hybridized carbons (Fsp3) is 0.154. The molecular weight excluding hydrogens is 291 g/mol. The van der Waals surface area contributed by atoms with E-state index in [1.165, 1.54) is 0 Å². The first kappa shape index (κ1) is 13.5. The van der Waals surface area contributed by atoms with Gasteiger partial charge in [0.1, 0.15) is 5.15 Å². The molecule has 1 aromatic carbocycles. The third kappa shape index (κ3) is 3.29. The molecule has 0 atom stereocenters. The molecular formula is C13H11Cl3N2. The second kappa shape index (κ2) is 5.79. The highest BCUT2D eigenvalue weighted by Gasteiger charge is 2.07. The van der Waals surface area contributed by atoms with E-state index in [0.29, 0.717) is 16.9 Å². The lowest BCUT2D eigenvalue weighted by Crippen LogP contribution is -2.02. The van der Waals surface area contributed by atoms with Gasteiger partial charge in [0.05, 0.1) is 5.69 Å². The predicted octanol–water partition coefficient (Wildman–Crippen LogP) is 4.96. The number of nitrogens with one attached hydrogen (secondary N) is 1. The average Bonchev–Trinajstić information content (AvgIpc) is 2.30. The molecule has 1 N–H and O–H groups in total. The number of pyridine rings is 1. The van der Waals surface area contributed by atoms with E-state index < -0.39 is 0 Å². The lowest BCUT2D eigenvalue weighted by Gasteiger charge is -2.11. The molecule has 5 heteroatoms. The van der Waals surface area contributed by atoms with Gasteiger partial charge in [-0.3, -0.25) is 0 Å². The van der Waals surface area contributed by atoms with Crippen molar-refractivity contribution in [2.75, 3.05) is 5.32 Å². The van der Waals surface area contributed by atoms with Crippen LogP contribution in [0.5, 0.6) is 0 Å². The Morgan fingerprint density at radius 2 is 1.78 bits per heavy atom. The summed E-state index contributed by atoms with van der Waals surface area (Å²) in [6.45, 7) is 2.59. The van der Waals surface area contributed by atoms with E-state index in [1.54, 1.807) is 6.07 Å². The summed E-state index contributed by atoms with van der Waals surface area (Å²) in [6, 6.07) is 9.40. The number of benzene rings is 1. The quantitative estimate of drug-likeness (QED) is 0.810. The van der Waals surface area contributed by atoms with E-state index in [9.17, 15) is 0 Å². The van der Waals surface area contributed by atoms with Crippen LogP contribution in [0.4, 0.5) is 5.69 Å². The molecule has 0 aliphatic carbocycles. The van der Waals surface area contributed by atoms with E-state index in [-0.39, 0.29) is 0 Å². The van der Waals surface area contributed by atoms with Gasteiger partial charge in [-0.2, -0.15) is 0 Å². The molecule has 18 heavy (non-hydrogen) atoms. The molecule has 0 saturated carbocycles. The molecule has 0 radical (unpaired) electrons. The summed E-state index contributed by atoms with van der Waals surface area (Å²) in [5.41, 5.74) is 2.88. The Hall–Kier alpha value is -0.960. The number of aromatic nitrogens is 1. The number of hydrogen-bond donors (Lipinski definition) is 1. The van der Waals surface area contributed by atoms with Crippen LogP contribution in [0, 0.1) is 6.92 Å². The summed E-state index contributed by atoms with van der Waals surface area (Å²) in [6.07, 6.45) is 0. The van der Waals surface area contributed by atoms with Gasteiger partial charge in [-0.1, -0.05) is 46.9 Å². The van der Waals surface area contributed by atoms with Gasteiger partial charge in [0.15, 0.2) is 5.15 Å². The fourth-order valence-corrected chi connectivity index (χ4v) is 2.32. The van der Waals surface area contributed by atoms with Crippen LogP contribution in [0.25, 0.3) is 0 Å². The molecule has 1 heterocycles. The smallest absolute Gasteiger partial charge is 0.154 e. The minimum Gasteiger partial charge on any atom is -0.378 e. The second-order valence-electron chi connectivity index (χ2n) is 3.91. The van der Waals surface area contributed by atoms with E-state index in [2.05, 4.69) is 10.3 Å². The van der Waals surface area contributed by atoms with Crippen molar-refractivity contribution in [1.29, 1.82) is 0 Å². The van der Waals surface area contributed by atoms with Crippen LogP contribution in [0.15, 0.2) is 30.3 Å². The third-order valence-corrected chi connectivity index (χ3v) is 3.24. The first-order valence-corrected chi connectivity index (χ1v) is 6.50. The number of anilines is 1. The third-order valence-electron chi connectivity index (χ3n) is 2.52. The van der Waals surface area contributed by atoms with Gasteiger partial charge in [0.25, 0.3) is 0 Å². The molecule has 0 fully saturated rings. The lowest BCUT2D eigenvalue weighted by atomic mass is 10.2. The topological polar surface area (TPSA) is 24.9 Å². The zero-order valence-electron chi connectivity index (χ0n) is 9.67. The molecule has 0 bridgehead atoms. The predicted molar refractivity (Wildman–Crippen MR) is 77.8 cm³/mol. The standard InChI is InChI=1S/C13H11Cl3N2/c1-8-6-11(15)18-13(16)12(8)17-7-9-2-4-10(14)5-3-9/h2-6,17H,7H2,1H3. The van der Waals surface area contributed by atoms with Crippen LogP contribution >= 0.6 is 34.8 Å². The van der Waals surface area contributed by atoms with Crippen LogP contribution in [0.3, 0.4) is 0 Å². The molecule has 0 aliphatic rings. The maximum absolute atomic E-state index is 6.05. The second-order valence-corrected chi connectivity index (χ2v) is 5.09. The number of rotatable bonds is 3. The van der Waals surface area contributed by atoms with Crippen molar-refractivity contribution in [3.05, 3.63) is 56.8 Å². The van der Waals surface area contributed by atoms with Crippen molar-refractivity contribution in [3.63, 3.8) is 0 Å². The molecule has 0 spiro atoms. The Morgan fingerprint density at radius 1 is 1.11 bits per heavy atom. The zero-order valence-corrected chi connectivity index (χ0v) is 11.9. The van der Waals surface area contributed by atoms with Crippen LogP contribution < -0.4 is 5.32 Å². The minimum absolute atomic E-state index is 0.383. The minimum atomic E-state index is 0.383. The van der Waals surface area contributed by atoms with E-state index in [1.807, 2.05) is 31.2 Å². The number of aryl methyl sites for hydroxylation is 1. The van der Waals surface area contributed by atoms with Gasteiger partial charge in [-0.15, -0.1) is 0 Å². The molecule has 1 aromatic heterocycles. The molecule has 0 aliphatic heterocycles. The van der Waals surface area contributed by atoms with Gasteiger partial charge < -0.3 is 5.32 Å². The first-order valence-electron chi connectivity index (χ1n) is 5.37. The molecule has 94 valence electrons. The number of hydrogen-bond acceptors (Lipinski definition) is 2. The number of nitrogens with zero attached hydrogens (tertiary/aromatic N) is 1. The lowest BCUT2D eigenvalue weighted by molar-refractivity contribution is 1.12. The Balaban J connectivity index is 2.13. The van der Waals surface area contributed by atoms with Crippen molar-refractivity contribution in [2.45, 2.75) is 13.5 Å². The Kier molecular flexibility index (Phi) is 4.33. The number of halogens is 3. The summed E-state index contributed by atoms with van der Waals surface area (Å²) >= 11 is 17.7. The highest BCUT2D eigenvalue weighted by atomic mass is 35.5. The molecule has 2 rings (SSSR count). The average molecular weight is 302 g/mol. The maximum Gasteiger partial charge on any atom is 0.154 e. The van der Waals surface area contributed by atoms with Crippen molar-refractivity contribution in [2.24, 2.45) is 0 Å². The first-order chi connectivity index (χ1) is 8.56. The SMILES string of the molecule is Cc1cc(Cl)nc(Cl)c1NCc1ccc(Cl)cc1. The van der Waals surface area contributed by atoms with Crippen LogP contribution in [-0.2, 0) is 6.54 Å². The largest absolute Gasteiger partial charge is 0.378 e. The van der Waals surface area contributed by atoms with E-state index in [4.69, 9.17) is 34.8 Å². The summed E-state index contributed by atoms with van der Waals surface area (Å²) < 4.78 is 0. The molecule has 0 unspecified atom stereocenters. The van der Waals surface area contributed by atoms with E-state index >= 15 is 0 Å². The van der Waals surface area contributed by atoms with Crippen LogP contribution in [0.2, 0.25) is 15.3 Å². The normalized spacial score (nSPS) is 10.4. The van der Waals surface area contributed by atoms with Crippen molar-refractivity contribution in [1.82, 2.24) is 4.98 Å². The monoisotopic (exact) mass is 300 g/mol. The summed E-state index contributed by atoms with van der Waals surface area (Å²) in [4.78, 5) is 4.01. The molecule has 0 amide bonds. The summed E-state index contributed by atoms with van der Waals surface area (Å²) in [7, 11) is 0. The summed E-state index contributed by atoms with van der Waals surface area (Å²) in [5.74, 6) is 0. The van der Waals surface area contributed by atoms with E-state index in [0.717, 1.165) is 21.8 Å². The van der Waals surface area contributed by atoms with Crippen molar-refractivity contribution >= 4 is 40.5 Å². The van der Waals surface area contributed by atoms with Crippen molar-refractivity contribution in [3.8, 4) is 0 Å². The van der Waals surface area contributed by atoms with Gasteiger partial charge in [-0.25, -0.2) is 4.98 Å². The van der Waals surface area contributed by atoms with Gasteiger partial charge in [0.2, 0.25) is 0 Å². The molecule has 2 nitrogen and oxygen atoms in total. The Bertz CT molecular complexity index is 530. The zero-order chi connectivity index (χ0) is 13.1. The highest BCUT2D eigenvalue weighted by Crippen LogP contribution is 2.26. The van der Waals surface area contributed by atoms with Crippen LogP contribution in [-0.4, -0.2) is 4.98 Å². The van der Waals surface area contributed by atoms with Gasteiger partial charge in [0, 0.05) is 11.6 Å². The van der Waals surface area contributed by atoms with Gasteiger partial charge in [-0.05, 0) is 36.2 Å². The van der Waals surface area contributed by atoms with Gasteiger partial charge >= 0.3 is 0 Å². The fourth-order valence-electron chi connectivity index (χ4n) is 1.60. The molecule has 0 saturated heterocycles. The highest BCUT2D eigenvalue weighted by molar-refractivity contribution is 6.34.